The first-order valence-electron chi connectivity index (χ1n) is 12.7. The van der Waals surface area contributed by atoms with Gasteiger partial charge in [0.1, 0.15) is 0 Å². The van der Waals surface area contributed by atoms with Gasteiger partial charge in [0.05, 0.1) is 16.6 Å². The lowest BCUT2D eigenvalue weighted by Gasteiger charge is -2.11. The Morgan fingerprint density at radius 1 is 0.667 bits per heavy atom. The summed E-state index contributed by atoms with van der Waals surface area (Å²) in [6, 6.07) is 37.4. The van der Waals surface area contributed by atoms with Gasteiger partial charge < -0.3 is 4.57 Å². The lowest BCUT2D eigenvalue weighted by atomic mass is 9.94. The van der Waals surface area contributed by atoms with Crippen LogP contribution in [0.1, 0.15) is 12.0 Å². The topological polar surface area (TPSA) is 17.3 Å². The first-order chi connectivity index (χ1) is 17.8. The van der Waals surface area contributed by atoms with Crippen LogP contribution in [0.25, 0.3) is 50.3 Å². The Bertz CT molecular complexity index is 2010. The highest BCUT2D eigenvalue weighted by molar-refractivity contribution is 6.13. The molecule has 0 radical (unpaired) electrons. The third-order valence-electron chi connectivity index (χ3n) is 7.86. The van der Waals surface area contributed by atoms with E-state index in [9.17, 15) is 0 Å². The van der Waals surface area contributed by atoms with Gasteiger partial charge in [0.25, 0.3) is 0 Å². The van der Waals surface area contributed by atoms with Crippen LogP contribution in [0, 0.1) is 5.92 Å². The number of rotatable bonds is 1. The predicted molar refractivity (Wildman–Crippen MR) is 152 cm³/mol. The summed E-state index contributed by atoms with van der Waals surface area (Å²) < 4.78 is 2.44. The molecule has 0 N–H and O–H groups in total. The standard InChI is InChI=1S/C34H24N2/c1-3-9-28-23(7-1)13-14-24-15-16-27(21-30(24)28)36-33-12-6-4-10-29(33)31-19-22-17-25-8-2-5-11-32(25)35-26(18-22)20-34(31)36/h1-16,19-22H,17-18H2. The molecule has 6 aromatic rings. The highest BCUT2D eigenvalue weighted by Gasteiger charge is 2.21. The van der Waals surface area contributed by atoms with Crippen molar-refractivity contribution in [2.75, 3.05) is 0 Å². The highest BCUT2D eigenvalue weighted by atomic mass is 15.0. The first kappa shape index (κ1) is 19.8. The maximum absolute atomic E-state index is 5.14. The number of benzene rings is 5. The van der Waals surface area contributed by atoms with Crippen molar-refractivity contribution in [1.29, 1.82) is 0 Å². The van der Waals surface area contributed by atoms with Gasteiger partial charge in [0, 0.05) is 22.0 Å². The van der Waals surface area contributed by atoms with Crippen molar-refractivity contribution < 1.29 is 0 Å². The normalized spacial score (nSPS) is 16.4. The second-order valence-corrected chi connectivity index (χ2v) is 10.1. The average Bonchev–Trinajstić information content (AvgIpc) is 3.02. The van der Waals surface area contributed by atoms with Gasteiger partial charge in [-0.3, -0.25) is 4.99 Å². The Balaban J connectivity index is 1.47. The minimum atomic E-state index is 0.435. The predicted octanol–water partition coefficient (Wildman–Crippen LogP) is 6.85. The Morgan fingerprint density at radius 3 is 2.36 bits per heavy atom. The molecule has 1 unspecified atom stereocenters. The third kappa shape index (κ3) is 2.94. The molecular formula is C34H24N2. The third-order valence-corrected chi connectivity index (χ3v) is 7.86. The number of fused-ring (bicyclic) bond motifs is 9. The van der Waals surface area contributed by atoms with Gasteiger partial charge in [-0.2, -0.15) is 0 Å². The van der Waals surface area contributed by atoms with Gasteiger partial charge in [-0.05, 0) is 76.2 Å². The van der Waals surface area contributed by atoms with E-state index in [1.807, 2.05) is 0 Å². The summed E-state index contributed by atoms with van der Waals surface area (Å²) in [7, 11) is 0. The van der Waals surface area contributed by atoms with E-state index in [-0.39, 0.29) is 0 Å². The van der Waals surface area contributed by atoms with Gasteiger partial charge in [-0.1, -0.05) is 84.9 Å². The molecule has 0 saturated heterocycles. The summed E-state index contributed by atoms with van der Waals surface area (Å²) in [4.78, 5) is 5.14. The number of nitrogens with zero attached hydrogens (tertiary/aromatic N) is 2. The van der Waals surface area contributed by atoms with Crippen LogP contribution in [0.5, 0.6) is 0 Å². The van der Waals surface area contributed by atoms with Gasteiger partial charge >= 0.3 is 0 Å². The van der Waals surface area contributed by atoms with Crippen LogP contribution in [-0.2, 0) is 6.42 Å². The minimum absolute atomic E-state index is 0.435. The van der Waals surface area contributed by atoms with E-state index in [2.05, 4.69) is 120 Å². The number of aromatic nitrogens is 1. The van der Waals surface area contributed by atoms with E-state index < -0.39 is 0 Å². The fourth-order valence-corrected chi connectivity index (χ4v) is 6.23. The molecule has 1 aromatic heterocycles. The summed E-state index contributed by atoms with van der Waals surface area (Å²) in [6.45, 7) is 0. The van der Waals surface area contributed by atoms with Crippen LogP contribution in [-0.4, -0.2) is 10.3 Å². The maximum Gasteiger partial charge on any atom is 0.0665 e. The Hall–Kier alpha value is -4.43. The summed E-state index contributed by atoms with van der Waals surface area (Å²) >= 11 is 0. The van der Waals surface area contributed by atoms with Crippen LogP contribution >= 0.6 is 0 Å². The molecule has 1 aliphatic heterocycles. The molecule has 2 aliphatic rings. The van der Waals surface area contributed by atoms with E-state index >= 15 is 0 Å². The van der Waals surface area contributed by atoms with E-state index in [4.69, 9.17) is 4.99 Å². The van der Waals surface area contributed by atoms with Gasteiger partial charge in [0.15, 0.2) is 0 Å². The summed E-state index contributed by atoms with van der Waals surface area (Å²) in [5.41, 5.74) is 6.05. The highest BCUT2D eigenvalue weighted by Crippen LogP contribution is 2.31. The molecule has 1 atom stereocenters. The average molecular weight is 461 g/mol. The zero-order valence-corrected chi connectivity index (χ0v) is 19.9. The van der Waals surface area contributed by atoms with E-state index in [1.165, 1.54) is 54.3 Å². The molecule has 0 amide bonds. The van der Waals surface area contributed by atoms with Crippen molar-refractivity contribution in [2.24, 2.45) is 10.9 Å². The molecule has 8 rings (SSSR count). The number of aliphatic imine (C=N–C) groups is 1. The number of para-hydroxylation sites is 2. The summed E-state index contributed by atoms with van der Waals surface area (Å²) in [5, 5.41) is 9.00. The molecule has 2 heterocycles. The van der Waals surface area contributed by atoms with Crippen molar-refractivity contribution in [3.63, 3.8) is 0 Å². The quantitative estimate of drug-likeness (QED) is 0.239. The van der Waals surface area contributed by atoms with E-state index in [0.717, 1.165) is 24.2 Å². The summed E-state index contributed by atoms with van der Waals surface area (Å²) in [5.74, 6) is 0.435. The fraction of sp³-hybridized carbons (Fsp3) is 0.0882. The van der Waals surface area contributed by atoms with E-state index in [0.29, 0.717) is 5.92 Å². The lowest BCUT2D eigenvalue weighted by Crippen LogP contribution is -2.29. The van der Waals surface area contributed by atoms with Crippen LogP contribution in [0.3, 0.4) is 0 Å². The molecule has 170 valence electrons. The van der Waals surface area contributed by atoms with Crippen molar-refractivity contribution in [3.05, 3.63) is 119 Å². The Kier molecular flexibility index (Phi) is 4.15. The van der Waals surface area contributed by atoms with Crippen LogP contribution in [0.2, 0.25) is 0 Å². The lowest BCUT2D eigenvalue weighted by molar-refractivity contribution is 0.725. The van der Waals surface area contributed by atoms with Crippen LogP contribution in [0.4, 0.5) is 5.69 Å². The zero-order valence-electron chi connectivity index (χ0n) is 19.9. The second-order valence-electron chi connectivity index (χ2n) is 10.1. The molecule has 1 aliphatic carbocycles. The number of hydrogen-bond donors (Lipinski definition) is 0. The molecule has 36 heavy (non-hydrogen) atoms. The monoisotopic (exact) mass is 460 g/mol. The molecule has 2 nitrogen and oxygen atoms in total. The molecule has 0 saturated carbocycles. The summed E-state index contributed by atoms with van der Waals surface area (Å²) in [6.07, 6.45) is 6.84. The second kappa shape index (κ2) is 7.53. The van der Waals surface area contributed by atoms with Gasteiger partial charge in [-0.15, -0.1) is 0 Å². The van der Waals surface area contributed by atoms with Crippen molar-refractivity contribution in [2.45, 2.75) is 12.8 Å². The zero-order chi connectivity index (χ0) is 23.6. The van der Waals surface area contributed by atoms with Crippen LogP contribution in [0.15, 0.2) is 108 Å². The maximum atomic E-state index is 5.14. The molecule has 5 aromatic carbocycles. The van der Waals surface area contributed by atoms with Crippen molar-refractivity contribution in [3.8, 4) is 5.69 Å². The molecular weight excluding hydrogens is 436 g/mol. The van der Waals surface area contributed by atoms with Crippen molar-refractivity contribution >= 4 is 56.0 Å². The SMILES string of the molecule is C1=c2c(n(-c3ccc4ccc5ccccc5c4c3)c3ccccc23)=CC2=Nc3ccccc3CC1C2. The molecule has 0 spiro atoms. The largest absolute Gasteiger partial charge is 0.309 e. The van der Waals surface area contributed by atoms with E-state index in [1.54, 1.807) is 0 Å². The Morgan fingerprint density at radius 2 is 1.42 bits per heavy atom. The Labute approximate surface area is 209 Å². The van der Waals surface area contributed by atoms with Gasteiger partial charge in [0.2, 0.25) is 0 Å². The first-order valence-corrected chi connectivity index (χ1v) is 12.7. The molecule has 2 bridgehead atoms. The number of hydrogen-bond acceptors (Lipinski definition) is 1. The van der Waals surface area contributed by atoms with Crippen LogP contribution < -0.4 is 10.6 Å². The minimum Gasteiger partial charge on any atom is -0.309 e. The van der Waals surface area contributed by atoms with Gasteiger partial charge in [-0.25, -0.2) is 0 Å². The molecule has 2 heteroatoms. The fourth-order valence-electron chi connectivity index (χ4n) is 6.23. The van der Waals surface area contributed by atoms with Crippen molar-refractivity contribution in [1.82, 2.24) is 4.57 Å². The molecule has 0 fully saturated rings. The smallest absolute Gasteiger partial charge is 0.0665 e.